The summed E-state index contributed by atoms with van der Waals surface area (Å²) in [5.74, 6) is -0.282. The van der Waals surface area contributed by atoms with Gasteiger partial charge >= 0.3 is 0 Å². The average molecular weight is 293 g/mol. The third-order valence-electron chi connectivity index (χ3n) is 2.39. The van der Waals surface area contributed by atoms with Crippen LogP contribution in [-0.2, 0) is 0 Å². The smallest absolute Gasteiger partial charge is 0.267 e. The third kappa shape index (κ3) is 3.56. The van der Waals surface area contributed by atoms with Gasteiger partial charge in [0.25, 0.3) is 5.91 Å². The molecule has 0 fully saturated rings. The molecule has 0 saturated heterocycles. The van der Waals surface area contributed by atoms with Crippen LogP contribution in [0.2, 0.25) is 10.0 Å². The molecule has 0 bridgehead atoms. The molecule has 0 spiro atoms. The van der Waals surface area contributed by atoms with E-state index in [4.69, 9.17) is 23.2 Å². The van der Waals surface area contributed by atoms with Gasteiger partial charge in [0, 0.05) is 11.1 Å². The lowest BCUT2D eigenvalue weighted by atomic mass is 10.2. The van der Waals surface area contributed by atoms with Crippen molar-refractivity contribution < 1.29 is 4.79 Å². The molecule has 0 atom stereocenters. The molecule has 2 aromatic carbocycles. The van der Waals surface area contributed by atoms with Crippen molar-refractivity contribution in [3.63, 3.8) is 0 Å². The lowest BCUT2D eigenvalue weighted by Crippen LogP contribution is -2.17. The van der Waals surface area contributed by atoms with Gasteiger partial charge in [-0.2, -0.15) is 5.10 Å². The number of carbonyl (C=O) groups is 1. The standard InChI is InChI=1S/C14H10Cl2N2O/c15-12-8-4-7-11(13(12)16)9-17-18-14(19)10-5-2-1-3-6-10/h1-9H,(H,18,19)/b17-9+. The number of rotatable bonds is 3. The summed E-state index contributed by atoms with van der Waals surface area (Å²) in [7, 11) is 0. The average Bonchev–Trinajstić information content (AvgIpc) is 2.44. The largest absolute Gasteiger partial charge is 0.271 e. The Morgan fingerprint density at radius 2 is 1.79 bits per heavy atom. The van der Waals surface area contributed by atoms with Crippen LogP contribution < -0.4 is 5.43 Å². The van der Waals surface area contributed by atoms with Crippen molar-refractivity contribution in [1.29, 1.82) is 0 Å². The van der Waals surface area contributed by atoms with E-state index in [1.165, 1.54) is 6.21 Å². The monoisotopic (exact) mass is 292 g/mol. The minimum Gasteiger partial charge on any atom is -0.267 e. The SMILES string of the molecule is O=C(N/N=C/c1cccc(Cl)c1Cl)c1ccccc1. The topological polar surface area (TPSA) is 41.5 Å². The van der Waals surface area contributed by atoms with E-state index in [2.05, 4.69) is 10.5 Å². The highest BCUT2D eigenvalue weighted by atomic mass is 35.5. The molecule has 2 rings (SSSR count). The number of halogens is 2. The number of hydrazone groups is 1. The number of hydrogen-bond acceptors (Lipinski definition) is 2. The zero-order chi connectivity index (χ0) is 13.7. The van der Waals surface area contributed by atoms with Crippen molar-refractivity contribution in [1.82, 2.24) is 5.43 Å². The van der Waals surface area contributed by atoms with Gasteiger partial charge in [0.1, 0.15) is 0 Å². The number of benzene rings is 2. The van der Waals surface area contributed by atoms with Crippen LogP contribution in [0.15, 0.2) is 53.6 Å². The van der Waals surface area contributed by atoms with Gasteiger partial charge in [-0.3, -0.25) is 4.79 Å². The van der Waals surface area contributed by atoms with Crippen LogP contribution >= 0.6 is 23.2 Å². The van der Waals surface area contributed by atoms with Crippen molar-refractivity contribution in [3.8, 4) is 0 Å². The summed E-state index contributed by atoms with van der Waals surface area (Å²) in [5.41, 5.74) is 3.60. The van der Waals surface area contributed by atoms with Gasteiger partial charge in [0.15, 0.2) is 0 Å². The normalized spacial score (nSPS) is 10.6. The summed E-state index contributed by atoms with van der Waals surface area (Å²) in [6.45, 7) is 0. The molecule has 19 heavy (non-hydrogen) atoms. The molecule has 0 heterocycles. The Balaban J connectivity index is 2.05. The first-order valence-electron chi connectivity index (χ1n) is 5.51. The Labute approximate surface area is 120 Å². The fourth-order valence-corrected chi connectivity index (χ4v) is 1.79. The number of hydrogen-bond donors (Lipinski definition) is 1. The van der Waals surface area contributed by atoms with Crippen LogP contribution in [0, 0.1) is 0 Å². The molecule has 0 aliphatic carbocycles. The van der Waals surface area contributed by atoms with E-state index in [1.54, 1.807) is 42.5 Å². The van der Waals surface area contributed by atoms with E-state index in [-0.39, 0.29) is 5.91 Å². The zero-order valence-corrected chi connectivity index (χ0v) is 11.3. The van der Waals surface area contributed by atoms with Crippen molar-refractivity contribution in [2.75, 3.05) is 0 Å². The highest BCUT2D eigenvalue weighted by molar-refractivity contribution is 6.43. The molecule has 0 aromatic heterocycles. The summed E-state index contributed by atoms with van der Waals surface area (Å²) in [6.07, 6.45) is 1.45. The summed E-state index contributed by atoms with van der Waals surface area (Å²) >= 11 is 11.9. The predicted molar refractivity (Wildman–Crippen MR) is 78.0 cm³/mol. The van der Waals surface area contributed by atoms with Gasteiger partial charge in [-0.25, -0.2) is 5.43 Å². The quantitative estimate of drug-likeness (QED) is 0.679. The summed E-state index contributed by atoms with van der Waals surface area (Å²) in [6, 6.07) is 14.0. The van der Waals surface area contributed by atoms with Gasteiger partial charge in [-0.15, -0.1) is 0 Å². The Bertz CT molecular complexity index is 612. The molecule has 0 aliphatic heterocycles. The van der Waals surface area contributed by atoms with Crippen LogP contribution in [0.25, 0.3) is 0 Å². The minimum absolute atomic E-state index is 0.282. The maximum absolute atomic E-state index is 11.7. The first kappa shape index (κ1) is 13.6. The van der Waals surface area contributed by atoms with Crippen LogP contribution in [-0.4, -0.2) is 12.1 Å². The maximum atomic E-state index is 11.7. The molecule has 1 N–H and O–H groups in total. The summed E-state index contributed by atoms with van der Waals surface area (Å²) in [4.78, 5) is 11.7. The number of carbonyl (C=O) groups excluding carboxylic acids is 1. The fourth-order valence-electron chi connectivity index (χ4n) is 1.43. The lowest BCUT2D eigenvalue weighted by molar-refractivity contribution is 0.0955. The van der Waals surface area contributed by atoms with Gasteiger partial charge in [-0.05, 0) is 18.2 Å². The van der Waals surface area contributed by atoms with E-state index >= 15 is 0 Å². The van der Waals surface area contributed by atoms with Crippen LogP contribution in [0.4, 0.5) is 0 Å². The Kier molecular flexibility index (Phi) is 4.55. The molecule has 5 heteroatoms. The predicted octanol–water partition coefficient (Wildman–Crippen LogP) is 3.76. The first-order chi connectivity index (χ1) is 9.18. The molecule has 2 aromatic rings. The summed E-state index contributed by atoms with van der Waals surface area (Å²) in [5, 5.41) is 4.70. The minimum atomic E-state index is -0.282. The van der Waals surface area contributed by atoms with Gasteiger partial charge in [0.05, 0.1) is 16.3 Å². The van der Waals surface area contributed by atoms with Gasteiger partial charge in [0.2, 0.25) is 0 Å². The second kappa shape index (κ2) is 6.36. The molecular weight excluding hydrogens is 283 g/mol. The fraction of sp³-hybridized carbons (Fsp3) is 0. The van der Waals surface area contributed by atoms with Crippen molar-refractivity contribution in [2.45, 2.75) is 0 Å². The molecule has 1 amide bonds. The van der Waals surface area contributed by atoms with E-state index in [0.29, 0.717) is 21.2 Å². The molecular formula is C14H10Cl2N2O. The van der Waals surface area contributed by atoms with E-state index < -0.39 is 0 Å². The molecule has 0 unspecified atom stereocenters. The van der Waals surface area contributed by atoms with Crippen molar-refractivity contribution >= 4 is 35.3 Å². The van der Waals surface area contributed by atoms with Crippen LogP contribution in [0.5, 0.6) is 0 Å². The Morgan fingerprint density at radius 1 is 1.05 bits per heavy atom. The van der Waals surface area contributed by atoms with Crippen molar-refractivity contribution in [3.05, 3.63) is 69.7 Å². The van der Waals surface area contributed by atoms with E-state index in [0.717, 1.165) is 0 Å². The third-order valence-corrected chi connectivity index (χ3v) is 3.22. The zero-order valence-electron chi connectivity index (χ0n) is 9.81. The second-order valence-corrected chi connectivity index (χ2v) is 4.49. The lowest BCUT2D eigenvalue weighted by Gasteiger charge is -2.01. The number of nitrogens with zero attached hydrogens (tertiary/aromatic N) is 1. The Morgan fingerprint density at radius 3 is 2.53 bits per heavy atom. The Hall–Kier alpha value is -1.84. The van der Waals surface area contributed by atoms with E-state index in [9.17, 15) is 4.79 Å². The van der Waals surface area contributed by atoms with Gasteiger partial charge in [-0.1, -0.05) is 53.5 Å². The second-order valence-electron chi connectivity index (χ2n) is 3.71. The van der Waals surface area contributed by atoms with E-state index in [1.807, 2.05) is 6.07 Å². The molecule has 0 saturated carbocycles. The maximum Gasteiger partial charge on any atom is 0.271 e. The highest BCUT2D eigenvalue weighted by Crippen LogP contribution is 2.24. The highest BCUT2D eigenvalue weighted by Gasteiger charge is 2.03. The summed E-state index contributed by atoms with van der Waals surface area (Å²) < 4.78 is 0. The first-order valence-corrected chi connectivity index (χ1v) is 6.26. The molecule has 96 valence electrons. The molecule has 0 radical (unpaired) electrons. The van der Waals surface area contributed by atoms with Crippen LogP contribution in [0.1, 0.15) is 15.9 Å². The molecule has 0 aliphatic rings. The number of nitrogens with one attached hydrogen (secondary N) is 1. The molecule has 3 nitrogen and oxygen atoms in total. The number of amides is 1. The van der Waals surface area contributed by atoms with Crippen molar-refractivity contribution in [2.24, 2.45) is 5.10 Å². The van der Waals surface area contributed by atoms with Gasteiger partial charge < -0.3 is 0 Å². The van der Waals surface area contributed by atoms with Crippen LogP contribution in [0.3, 0.4) is 0 Å².